The number of aromatic nitrogens is 2. The van der Waals surface area contributed by atoms with Crippen LogP contribution in [0.2, 0.25) is 0 Å². The first-order valence-electron chi connectivity index (χ1n) is 7.96. The van der Waals surface area contributed by atoms with Crippen LogP contribution in [0, 0.1) is 13.8 Å². The molecule has 24 heavy (non-hydrogen) atoms. The normalized spacial score (nSPS) is 11.1. The number of rotatable bonds is 2. The van der Waals surface area contributed by atoms with Gasteiger partial charge in [-0.2, -0.15) is 0 Å². The summed E-state index contributed by atoms with van der Waals surface area (Å²) >= 11 is 0. The Hall–Kier alpha value is -3.07. The minimum atomic E-state index is 0.306. The zero-order valence-electron chi connectivity index (χ0n) is 13.7. The molecule has 0 unspecified atom stereocenters. The van der Waals surface area contributed by atoms with Gasteiger partial charge in [0.2, 0.25) is 0 Å². The van der Waals surface area contributed by atoms with Gasteiger partial charge in [-0.1, -0.05) is 12.1 Å². The highest BCUT2D eigenvalue weighted by molar-refractivity contribution is 5.89. The lowest BCUT2D eigenvalue weighted by molar-refractivity contribution is 0.471. The lowest BCUT2D eigenvalue weighted by Crippen LogP contribution is -1.89. The van der Waals surface area contributed by atoms with Gasteiger partial charge < -0.3 is 10.1 Å². The van der Waals surface area contributed by atoms with E-state index in [4.69, 9.17) is 0 Å². The van der Waals surface area contributed by atoms with Crippen molar-refractivity contribution < 1.29 is 5.11 Å². The van der Waals surface area contributed by atoms with E-state index in [1.807, 2.05) is 25.1 Å². The number of fused-ring (bicyclic) bond motifs is 1. The lowest BCUT2D eigenvalue weighted by atomic mass is 9.97. The van der Waals surface area contributed by atoms with Crippen LogP contribution in [0.1, 0.15) is 11.3 Å². The van der Waals surface area contributed by atoms with Crippen LogP contribution in [-0.4, -0.2) is 15.1 Å². The summed E-state index contributed by atoms with van der Waals surface area (Å²) in [7, 11) is 0. The topological polar surface area (TPSA) is 48.9 Å². The summed E-state index contributed by atoms with van der Waals surface area (Å²) in [6.07, 6.45) is 1.81. The molecule has 118 valence electrons. The second kappa shape index (κ2) is 5.53. The van der Waals surface area contributed by atoms with Crippen LogP contribution in [0.15, 0.2) is 60.8 Å². The summed E-state index contributed by atoms with van der Waals surface area (Å²) in [5.41, 5.74) is 7.29. The van der Waals surface area contributed by atoms with Crippen molar-refractivity contribution in [2.75, 3.05) is 0 Å². The highest BCUT2D eigenvalue weighted by Crippen LogP contribution is 2.33. The molecule has 0 saturated heterocycles. The van der Waals surface area contributed by atoms with Gasteiger partial charge in [0.25, 0.3) is 0 Å². The zero-order chi connectivity index (χ0) is 16.7. The van der Waals surface area contributed by atoms with Crippen molar-refractivity contribution in [1.82, 2.24) is 9.97 Å². The maximum atomic E-state index is 9.77. The van der Waals surface area contributed by atoms with Crippen molar-refractivity contribution >= 4 is 10.9 Å². The number of nitrogens with zero attached hydrogens (tertiary/aromatic N) is 1. The van der Waals surface area contributed by atoms with E-state index in [2.05, 4.69) is 47.2 Å². The van der Waals surface area contributed by atoms with Gasteiger partial charge in [-0.3, -0.25) is 4.98 Å². The molecule has 0 atom stereocenters. The van der Waals surface area contributed by atoms with E-state index < -0.39 is 0 Å². The third-order valence-corrected chi connectivity index (χ3v) is 4.34. The third kappa shape index (κ3) is 2.44. The van der Waals surface area contributed by atoms with Crippen molar-refractivity contribution in [3.8, 4) is 28.1 Å². The summed E-state index contributed by atoms with van der Waals surface area (Å²) in [6, 6.07) is 18.2. The SMILES string of the molecule is Cc1cc2cc(-c3cccnc3-c3ccc(O)c(C)c3)ccc2[nH]1. The second-order valence-electron chi connectivity index (χ2n) is 6.16. The Kier molecular flexibility index (Phi) is 3.35. The molecule has 2 aromatic heterocycles. The van der Waals surface area contributed by atoms with Crippen LogP contribution in [-0.2, 0) is 0 Å². The van der Waals surface area contributed by atoms with Gasteiger partial charge in [-0.15, -0.1) is 0 Å². The van der Waals surface area contributed by atoms with E-state index in [1.165, 1.54) is 5.39 Å². The first kappa shape index (κ1) is 14.5. The lowest BCUT2D eigenvalue weighted by Gasteiger charge is -2.10. The number of benzene rings is 2. The van der Waals surface area contributed by atoms with Crippen LogP contribution >= 0.6 is 0 Å². The molecule has 2 heterocycles. The number of nitrogens with one attached hydrogen (secondary N) is 1. The fraction of sp³-hybridized carbons (Fsp3) is 0.0952. The maximum absolute atomic E-state index is 9.77. The van der Waals surface area contributed by atoms with Crippen molar-refractivity contribution in [3.63, 3.8) is 0 Å². The summed E-state index contributed by atoms with van der Waals surface area (Å²) in [6.45, 7) is 3.96. The smallest absolute Gasteiger partial charge is 0.118 e. The monoisotopic (exact) mass is 314 g/mol. The first-order valence-corrected chi connectivity index (χ1v) is 7.96. The van der Waals surface area contributed by atoms with Crippen molar-refractivity contribution in [1.29, 1.82) is 0 Å². The van der Waals surface area contributed by atoms with Gasteiger partial charge in [0.15, 0.2) is 0 Å². The van der Waals surface area contributed by atoms with E-state index in [0.717, 1.165) is 39.2 Å². The van der Waals surface area contributed by atoms with Crippen molar-refractivity contribution in [2.45, 2.75) is 13.8 Å². The Morgan fingerprint density at radius 2 is 1.75 bits per heavy atom. The number of pyridine rings is 1. The third-order valence-electron chi connectivity index (χ3n) is 4.34. The van der Waals surface area contributed by atoms with Crippen molar-refractivity contribution in [2.24, 2.45) is 0 Å². The molecule has 3 nitrogen and oxygen atoms in total. The number of H-pyrrole nitrogens is 1. The number of hydrogen-bond acceptors (Lipinski definition) is 2. The minimum absolute atomic E-state index is 0.306. The fourth-order valence-electron chi connectivity index (χ4n) is 3.12. The molecule has 3 heteroatoms. The summed E-state index contributed by atoms with van der Waals surface area (Å²) in [5, 5.41) is 11.0. The molecule has 0 aliphatic heterocycles. The summed E-state index contributed by atoms with van der Waals surface area (Å²) in [5.74, 6) is 0.306. The minimum Gasteiger partial charge on any atom is -0.508 e. The van der Waals surface area contributed by atoms with Crippen molar-refractivity contribution in [3.05, 3.63) is 72.1 Å². The maximum Gasteiger partial charge on any atom is 0.118 e. The fourth-order valence-corrected chi connectivity index (χ4v) is 3.12. The van der Waals surface area contributed by atoms with E-state index >= 15 is 0 Å². The predicted molar refractivity (Wildman–Crippen MR) is 98.1 cm³/mol. The standard InChI is InChI=1S/C21H18N2O/c1-13-10-16(6-8-20(13)24)21-18(4-3-9-22-21)15-5-7-19-17(12-15)11-14(2)23-19/h3-12,23-24H,1-2H3. The molecule has 2 aromatic carbocycles. The Labute approximate surface area is 140 Å². The van der Waals surface area contributed by atoms with E-state index in [9.17, 15) is 5.11 Å². The zero-order valence-corrected chi connectivity index (χ0v) is 13.7. The Balaban J connectivity index is 1.89. The molecule has 0 aliphatic rings. The van der Waals surface area contributed by atoms with Gasteiger partial charge in [0, 0.05) is 33.9 Å². The Bertz CT molecular complexity index is 1050. The number of phenols is 1. The highest BCUT2D eigenvalue weighted by atomic mass is 16.3. The Morgan fingerprint density at radius 3 is 2.58 bits per heavy atom. The number of phenolic OH excluding ortho intramolecular Hbond substituents is 1. The van der Waals surface area contributed by atoms with E-state index in [0.29, 0.717) is 5.75 Å². The number of hydrogen-bond donors (Lipinski definition) is 2. The van der Waals surface area contributed by atoms with Crippen LogP contribution in [0.3, 0.4) is 0 Å². The number of aryl methyl sites for hydroxylation is 2. The summed E-state index contributed by atoms with van der Waals surface area (Å²) < 4.78 is 0. The molecular weight excluding hydrogens is 296 g/mol. The van der Waals surface area contributed by atoms with Gasteiger partial charge >= 0.3 is 0 Å². The van der Waals surface area contributed by atoms with Gasteiger partial charge in [-0.25, -0.2) is 0 Å². The average Bonchev–Trinajstić information content (AvgIpc) is 2.96. The molecular formula is C21H18N2O. The summed E-state index contributed by atoms with van der Waals surface area (Å²) in [4.78, 5) is 7.95. The molecule has 0 amide bonds. The molecule has 4 rings (SSSR count). The van der Waals surface area contributed by atoms with Gasteiger partial charge in [0.05, 0.1) is 5.69 Å². The number of aromatic hydroxyl groups is 1. The van der Waals surface area contributed by atoms with Crippen LogP contribution in [0.25, 0.3) is 33.3 Å². The highest BCUT2D eigenvalue weighted by Gasteiger charge is 2.11. The first-order chi connectivity index (χ1) is 11.6. The molecule has 0 spiro atoms. The second-order valence-corrected chi connectivity index (χ2v) is 6.16. The molecule has 4 aromatic rings. The quantitative estimate of drug-likeness (QED) is 0.533. The van der Waals surface area contributed by atoms with Crippen LogP contribution in [0.4, 0.5) is 0 Å². The largest absolute Gasteiger partial charge is 0.508 e. The molecule has 0 bridgehead atoms. The Morgan fingerprint density at radius 1 is 0.917 bits per heavy atom. The molecule has 0 fully saturated rings. The molecule has 2 N–H and O–H groups in total. The van der Waals surface area contributed by atoms with Crippen LogP contribution < -0.4 is 0 Å². The average molecular weight is 314 g/mol. The van der Waals surface area contributed by atoms with Gasteiger partial charge in [-0.05, 0) is 67.4 Å². The molecule has 0 aliphatic carbocycles. The van der Waals surface area contributed by atoms with E-state index in [1.54, 1.807) is 12.3 Å². The van der Waals surface area contributed by atoms with Crippen LogP contribution in [0.5, 0.6) is 5.75 Å². The van der Waals surface area contributed by atoms with Gasteiger partial charge in [0.1, 0.15) is 5.75 Å². The predicted octanol–water partition coefficient (Wildman–Crippen LogP) is 5.22. The number of aromatic amines is 1. The molecule has 0 radical (unpaired) electrons. The molecule has 0 saturated carbocycles. The van der Waals surface area contributed by atoms with E-state index in [-0.39, 0.29) is 0 Å².